The SMILES string of the molecule is COc1cc(C)nc(COC(=O)c2ccc(C)c(N)c2)c1. The summed E-state index contributed by atoms with van der Waals surface area (Å²) in [5.74, 6) is 0.261. The first-order valence-electron chi connectivity index (χ1n) is 6.54. The van der Waals surface area contributed by atoms with Crippen LogP contribution >= 0.6 is 0 Å². The number of nitrogens with two attached hydrogens (primary N) is 1. The van der Waals surface area contributed by atoms with E-state index in [1.54, 1.807) is 31.4 Å². The van der Waals surface area contributed by atoms with Crippen LogP contribution in [0.3, 0.4) is 0 Å². The standard InChI is InChI=1S/C16H18N2O3/c1-10-4-5-12(7-15(10)17)16(19)21-9-13-8-14(20-3)6-11(2)18-13/h4-8H,9,17H2,1-3H3. The molecule has 0 radical (unpaired) electrons. The molecule has 1 aromatic carbocycles. The van der Waals surface area contributed by atoms with Crippen molar-refractivity contribution >= 4 is 11.7 Å². The van der Waals surface area contributed by atoms with E-state index in [9.17, 15) is 4.79 Å². The first-order valence-corrected chi connectivity index (χ1v) is 6.54. The number of hydrogen-bond donors (Lipinski definition) is 1. The Labute approximate surface area is 123 Å². The van der Waals surface area contributed by atoms with Crippen molar-refractivity contribution < 1.29 is 14.3 Å². The fraction of sp³-hybridized carbons (Fsp3) is 0.250. The quantitative estimate of drug-likeness (QED) is 0.691. The van der Waals surface area contributed by atoms with Crippen LogP contribution in [-0.4, -0.2) is 18.1 Å². The van der Waals surface area contributed by atoms with Gasteiger partial charge in [0, 0.05) is 23.5 Å². The van der Waals surface area contributed by atoms with Gasteiger partial charge in [-0.1, -0.05) is 6.07 Å². The second-order valence-electron chi connectivity index (χ2n) is 4.79. The number of anilines is 1. The molecule has 0 spiro atoms. The molecule has 1 heterocycles. The molecule has 2 aromatic rings. The number of pyridine rings is 1. The van der Waals surface area contributed by atoms with Crippen LogP contribution in [0.2, 0.25) is 0 Å². The van der Waals surface area contributed by atoms with Crippen molar-refractivity contribution in [1.82, 2.24) is 4.98 Å². The van der Waals surface area contributed by atoms with E-state index >= 15 is 0 Å². The van der Waals surface area contributed by atoms with Crippen molar-refractivity contribution in [2.75, 3.05) is 12.8 Å². The molecule has 5 heteroatoms. The second-order valence-corrected chi connectivity index (χ2v) is 4.79. The van der Waals surface area contributed by atoms with Gasteiger partial charge in [0.25, 0.3) is 0 Å². The van der Waals surface area contributed by atoms with E-state index in [-0.39, 0.29) is 6.61 Å². The molecule has 0 saturated carbocycles. The average molecular weight is 286 g/mol. The molecular weight excluding hydrogens is 268 g/mol. The minimum Gasteiger partial charge on any atom is -0.497 e. The van der Waals surface area contributed by atoms with Gasteiger partial charge in [0.05, 0.1) is 18.4 Å². The van der Waals surface area contributed by atoms with Crippen LogP contribution in [0.15, 0.2) is 30.3 Å². The number of nitrogen functional groups attached to an aromatic ring is 1. The van der Waals surface area contributed by atoms with Crippen molar-refractivity contribution in [3.8, 4) is 5.75 Å². The van der Waals surface area contributed by atoms with Crippen LogP contribution in [0.25, 0.3) is 0 Å². The maximum absolute atomic E-state index is 12.0. The summed E-state index contributed by atoms with van der Waals surface area (Å²) < 4.78 is 10.4. The monoisotopic (exact) mass is 286 g/mol. The number of aryl methyl sites for hydroxylation is 2. The van der Waals surface area contributed by atoms with E-state index in [2.05, 4.69) is 4.98 Å². The highest BCUT2D eigenvalue weighted by Gasteiger charge is 2.10. The maximum atomic E-state index is 12.0. The van der Waals surface area contributed by atoms with Gasteiger partial charge in [0.1, 0.15) is 12.4 Å². The normalized spacial score (nSPS) is 10.2. The minimum absolute atomic E-state index is 0.0880. The number of rotatable bonds is 4. The Hall–Kier alpha value is -2.56. The number of hydrogen-bond acceptors (Lipinski definition) is 5. The lowest BCUT2D eigenvalue weighted by molar-refractivity contribution is 0.0467. The van der Waals surface area contributed by atoms with Gasteiger partial charge < -0.3 is 15.2 Å². The number of methoxy groups -OCH3 is 1. The van der Waals surface area contributed by atoms with E-state index < -0.39 is 5.97 Å². The average Bonchev–Trinajstić information content (AvgIpc) is 2.47. The molecule has 0 aliphatic rings. The number of benzene rings is 1. The Balaban J connectivity index is 2.07. The Kier molecular flexibility index (Phi) is 4.42. The van der Waals surface area contributed by atoms with E-state index in [0.717, 1.165) is 11.3 Å². The van der Waals surface area contributed by atoms with Crippen molar-refractivity contribution in [3.05, 3.63) is 52.8 Å². The van der Waals surface area contributed by atoms with E-state index in [1.807, 2.05) is 19.9 Å². The fourth-order valence-electron chi connectivity index (χ4n) is 1.88. The van der Waals surface area contributed by atoms with Gasteiger partial charge in [-0.05, 0) is 31.5 Å². The molecule has 2 rings (SSSR count). The maximum Gasteiger partial charge on any atom is 0.338 e. The molecule has 0 bridgehead atoms. The van der Waals surface area contributed by atoms with E-state index in [4.69, 9.17) is 15.2 Å². The predicted octanol–water partition coefficient (Wildman–Crippen LogP) is 2.65. The fourth-order valence-corrected chi connectivity index (χ4v) is 1.88. The number of ether oxygens (including phenoxy) is 2. The van der Waals surface area contributed by atoms with Gasteiger partial charge in [-0.2, -0.15) is 0 Å². The summed E-state index contributed by atoms with van der Waals surface area (Å²) in [7, 11) is 1.58. The molecule has 0 fully saturated rings. The lowest BCUT2D eigenvalue weighted by Gasteiger charge is -2.08. The first-order chi connectivity index (χ1) is 9.99. The summed E-state index contributed by atoms with van der Waals surface area (Å²) in [6.45, 7) is 3.83. The number of esters is 1. The number of carbonyl (C=O) groups excluding carboxylic acids is 1. The molecule has 0 aliphatic heterocycles. The zero-order valence-electron chi connectivity index (χ0n) is 12.3. The Morgan fingerprint density at radius 1 is 1.24 bits per heavy atom. The van der Waals surface area contributed by atoms with Gasteiger partial charge in [0.15, 0.2) is 0 Å². The van der Waals surface area contributed by atoms with Crippen molar-refractivity contribution in [3.63, 3.8) is 0 Å². The molecule has 0 aliphatic carbocycles. The summed E-state index contributed by atoms with van der Waals surface area (Å²) in [5, 5.41) is 0. The van der Waals surface area contributed by atoms with Crippen LogP contribution in [0.4, 0.5) is 5.69 Å². The molecule has 5 nitrogen and oxygen atoms in total. The molecule has 0 unspecified atom stereocenters. The van der Waals surface area contributed by atoms with Crippen molar-refractivity contribution in [1.29, 1.82) is 0 Å². The largest absolute Gasteiger partial charge is 0.497 e. The van der Waals surface area contributed by atoms with Crippen LogP contribution in [-0.2, 0) is 11.3 Å². The molecule has 110 valence electrons. The predicted molar refractivity (Wildman–Crippen MR) is 80.2 cm³/mol. The van der Waals surface area contributed by atoms with Gasteiger partial charge >= 0.3 is 5.97 Å². The molecule has 0 amide bonds. The van der Waals surface area contributed by atoms with Gasteiger partial charge in [-0.3, -0.25) is 4.98 Å². The number of carbonyl (C=O) groups is 1. The zero-order chi connectivity index (χ0) is 15.4. The third kappa shape index (κ3) is 3.72. The van der Waals surface area contributed by atoms with Crippen LogP contribution in [0, 0.1) is 13.8 Å². The van der Waals surface area contributed by atoms with E-state index in [1.165, 1.54) is 0 Å². The van der Waals surface area contributed by atoms with Crippen molar-refractivity contribution in [2.45, 2.75) is 20.5 Å². The third-order valence-electron chi connectivity index (χ3n) is 3.08. The zero-order valence-corrected chi connectivity index (χ0v) is 12.3. The number of nitrogens with zero attached hydrogens (tertiary/aromatic N) is 1. The van der Waals surface area contributed by atoms with Crippen LogP contribution < -0.4 is 10.5 Å². The summed E-state index contributed by atoms with van der Waals surface area (Å²) >= 11 is 0. The Morgan fingerprint density at radius 2 is 2.00 bits per heavy atom. The van der Waals surface area contributed by atoms with Crippen molar-refractivity contribution in [2.24, 2.45) is 0 Å². The topological polar surface area (TPSA) is 74.4 Å². The van der Waals surface area contributed by atoms with Crippen LogP contribution in [0.1, 0.15) is 27.3 Å². The van der Waals surface area contributed by atoms with Gasteiger partial charge in [0.2, 0.25) is 0 Å². The molecule has 2 N–H and O–H groups in total. The Bertz CT molecular complexity index is 669. The van der Waals surface area contributed by atoms with Gasteiger partial charge in [-0.15, -0.1) is 0 Å². The van der Waals surface area contributed by atoms with Crippen LogP contribution in [0.5, 0.6) is 5.75 Å². The lowest BCUT2D eigenvalue weighted by atomic mass is 10.1. The minimum atomic E-state index is -0.427. The summed E-state index contributed by atoms with van der Waals surface area (Å²) in [5.41, 5.74) is 9.16. The Morgan fingerprint density at radius 3 is 2.67 bits per heavy atom. The van der Waals surface area contributed by atoms with Gasteiger partial charge in [-0.25, -0.2) is 4.79 Å². The lowest BCUT2D eigenvalue weighted by Crippen LogP contribution is -2.07. The molecular formula is C16H18N2O3. The summed E-state index contributed by atoms with van der Waals surface area (Å²) in [4.78, 5) is 16.3. The molecule has 21 heavy (non-hydrogen) atoms. The number of aromatic nitrogens is 1. The highest BCUT2D eigenvalue weighted by molar-refractivity contribution is 5.90. The summed E-state index contributed by atoms with van der Waals surface area (Å²) in [6, 6.07) is 8.65. The summed E-state index contributed by atoms with van der Waals surface area (Å²) in [6.07, 6.45) is 0. The first kappa shape index (κ1) is 14.8. The smallest absolute Gasteiger partial charge is 0.338 e. The highest BCUT2D eigenvalue weighted by Crippen LogP contribution is 2.16. The highest BCUT2D eigenvalue weighted by atomic mass is 16.5. The molecule has 0 saturated heterocycles. The second kappa shape index (κ2) is 6.26. The molecule has 1 aromatic heterocycles. The third-order valence-corrected chi connectivity index (χ3v) is 3.08. The molecule has 0 atom stereocenters. The van der Waals surface area contributed by atoms with E-state index in [0.29, 0.717) is 22.7 Å².